The third-order valence-electron chi connectivity index (χ3n) is 3.35. The molecule has 2 aromatic carbocycles. The Bertz CT molecular complexity index is 820. The van der Waals surface area contributed by atoms with Crippen molar-refractivity contribution in [3.63, 3.8) is 0 Å². The Morgan fingerprint density at radius 2 is 2.08 bits per heavy atom. The molecule has 24 heavy (non-hydrogen) atoms. The maximum Gasteiger partial charge on any atom is 0.266 e. The summed E-state index contributed by atoms with van der Waals surface area (Å²) in [5.41, 5.74) is 2.12. The predicted octanol–water partition coefficient (Wildman–Crippen LogP) is 3.65. The Kier molecular flexibility index (Phi) is 5.58. The Hall–Kier alpha value is -3.26. The van der Waals surface area contributed by atoms with Crippen molar-refractivity contribution in [2.24, 2.45) is 0 Å². The summed E-state index contributed by atoms with van der Waals surface area (Å²) in [6.07, 6.45) is 1.45. The molecule has 2 rings (SSSR count). The number of carbonyl (C=O) groups excluding carboxylic acids is 1. The molecule has 0 saturated heterocycles. The minimum Gasteiger partial charge on any atom is -0.504 e. The molecule has 0 spiro atoms. The Balaban J connectivity index is 2.26. The molecule has 2 N–H and O–H groups in total. The van der Waals surface area contributed by atoms with E-state index in [1.165, 1.54) is 12.1 Å². The number of anilines is 1. The molecule has 0 atom stereocenters. The molecule has 0 fully saturated rings. The smallest absolute Gasteiger partial charge is 0.266 e. The largest absolute Gasteiger partial charge is 0.504 e. The van der Waals surface area contributed by atoms with Gasteiger partial charge in [0.05, 0.1) is 6.61 Å². The van der Waals surface area contributed by atoms with Gasteiger partial charge in [0.15, 0.2) is 11.5 Å². The predicted molar refractivity (Wildman–Crippen MR) is 92.7 cm³/mol. The Labute approximate surface area is 140 Å². The van der Waals surface area contributed by atoms with Crippen molar-refractivity contribution in [1.29, 1.82) is 5.26 Å². The second-order valence-electron chi connectivity index (χ2n) is 5.10. The second kappa shape index (κ2) is 7.84. The summed E-state index contributed by atoms with van der Waals surface area (Å²) < 4.78 is 5.30. The summed E-state index contributed by atoms with van der Waals surface area (Å²) in [5.74, 6) is -0.169. The number of aryl methyl sites for hydroxylation is 1. The summed E-state index contributed by atoms with van der Waals surface area (Å²) >= 11 is 0. The van der Waals surface area contributed by atoms with Gasteiger partial charge in [-0.15, -0.1) is 0 Å². The van der Waals surface area contributed by atoms with Crippen LogP contribution < -0.4 is 10.1 Å². The average molecular weight is 322 g/mol. The van der Waals surface area contributed by atoms with Crippen molar-refractivity contribution in [3.05, 3.63) is 59.2 Å². The summed E-state index contributed by atoms with van der Waals surface area (Å²) in [6, 6.07) is 13.9. The highest BCUT2D eigenvalue weighted by Crippen LogP contribution is 2.27. The molecule has 1 amide bonds. The second-order valence-corrected chi connectivity index (χ2v) is 5.10. The van der Waals surface area contributed by atoms with Crippen molar-refractivity contribution in [2.75, 3.05) is 11.9 Å². The lowest BCUT2D eigenvalue weighted by molar-refractivity contribution is -0.112. The number of para-hydroxylation sites is 1. The highest BCUT2D eigenvalue weighted by atomic mass is 16.5. The number of aromatic hydroxyl groups is 1. The highest BCUT2D eigenvalue weighted by molar-refractivity contribution is 6.10. The molecule has 0 aliphatic carbocycles. The fraction of sp³-hybridized carbons (Fsp3) is 0.158. The lowest BCUT2D eigenvalue weighted by Crippen LogP contribution is -2.14. The van der Waals surface area contributed by atoms with Gasteiger partial charge in [-0.3, -0.25) is 4.79 Å². The van der Waals surface area contributed by atoms with Crippen LogP contribution in [0.1, 0.15) is 18.1 Å². The molecule has 2 aromatic rings. The number of rotatable bonds is 5. The van der Waals surface area contributed by atoms with Crippen LogP contribution in [0.3, 0.4) is 0 Å². The number of carbonyl (C=O) groups is 1. The van der Waals surface area contributed by atoms with Crippen LogP contribution in [0.2, 0.25) is 0 Å². The van der Waals surface area contributed by atoms with E-state index in [4.69, 9.17) is 4.74 Å². The first-order chi connectivity index (χ1) is 11.5. The zero-order valence-corrected chi connectivity index (χ0v) is 13.5. The van der Waals surface area contributed by atoms with Gasteiger partial charge >= 0.3 is 0 Å². The van der Waals surface area contributed by atoms with Gasteiger partial charge in [-0.2, -0.15) is 5.26 Å². The number of ether oxygens (including phenoxy) is 1. The number of nitriles is 1. The number of hydrogen-bond donors (Lipinski definition) is 2. The maximum atomic E-state index is 12.3. The van der Waals surface area contributed by atoms with E-state index >= 15 is 0 Å². The van der Waals surface area contributed by atoms with Gasteiger partial charge in [0.25, 0.3) is 5.91 Å². The van der Waals surface area contributed by atoms with Crippen LogP contribution >= 0.6 is 0 Å². The summed E-state index contributed by atoms with van der Waals surface area (Å²) in [6.45, 7) is 4.08. The zero-order chi connectivity index (χ0) is 17.5. The van der Waals surface area contributed by atoms with E-state index < -0.39 is 5.91 Å². The molecule has 5 heteroatoms. The number of nitrogens with zero attached hydrogens (tertiary/aromatic N) is 1. The lowest BCUT2D eigenvalue weighted by Gasteiger charge is -2.08. The molecule has 0 aliphatic heterocycles. The fourth-order valence-corrected chi connectivity index (χ4v) is 2.11. The quantitative estimate of drug-likeness (QED) is 0.650. The molecule has 0 aliphatic rings. The summed E-state index contributed by atoms with van der Waals surface area (Å²) in [4.78, 5) is 12.3. The molecule has 0 aromatic heterocycles. The van der Waals surface area contributed by atoms with E-state index in [1.807, 2.05) is 31.2 Å². The average Bonchev–Trinajstić information content (AvgIpc) is 2.57. The van der Waals surface area contributed by atoms with Gasteiger partial charge in [-0.05, 0) is 49.2 Å². The van der Waals surface area contributed by atoms with Gasteiger partial charge in [0, 0.05) is 5.69 Å². The van der Waals surface area contributed by atoms with Crippen molar-refractivity contribution in [3.8, 4) is 17.6 Å². The van der Waals surface area contributed by atoms with Crippen LogP contribution in [0.25, 0.3) is 6.08 Å². The number of amides is 1. The molecule has 0 saturated carbocycles. The summed E-state index contributed by atoms with van der Waals surface area (Å²) in [7, 11) is 0. The molecule has 0 heterocycles. The topological polar surface area (TPSA) is 82.3 Å². The molecular weight excluding hydrogens is 304 g/mol. The maximum absolute atomic E-state index is 12.3. The number of hydrogen-bond acceptors (Lipinski definition) is 4. The highest BCUT2D eigenvalue weighted by Gasteiger charge is 2.11. The van der Waals surface area contributed by atoms with Gasteiger partial charge in [0.2, 0.25) is 0 Å². The summed E-state index contributed by atoms with van der Waals surface area (Å²) in [5, 5.41) is 21.7. The number of nitrogens with one attached hydrogen (secondary N) is 1. The monoisotopic (exact) mass is 322 g/mol. The van der Waals surface area contributed by atoms with E-state index in [0.29, 0.717) is 23.6 Å². The SMILES string of the molecule is CCOc1cc(C=C(C#N)C(=O)Nc2ccccc2C)ccc1O. The third kappa shape index (κ3) is 4.14. The zero-order valence-electron chi connectivity index (χ0n) is 13.5. The Morgan fingerprint density at radius 3 is 2.75 bits per heavy atom. The number of phenolic OH excluding ortho intramolecular Hbond substituents is 1. The fourth-order valence-electron chi connectivity index (χ4n) is 2.11. The number of benzene rings is 2. The van der Waals surface area contributed by atoms with Crippen LogP contribution in [-0.4, -0.2) is 17.6 Å². The van der Waals surface area contributed by atoms with E-state index in [-0.39, 0.29) is 11.3 Å². The van der Waals surface area contributed by atoms with E-state index in [9.17, 15) is 15.2 Å². The van der Waals surface area contributed by atoms with Crippen molar-refractivity contribution >= 4 is 17.7 Å². The van der Waals surface area contributed by atoms with E-state index in [1.54, 1.807) is 25.1 Å². The van der Waals surface area contributed by atoms with Crippen molar-refractivity contribution < 1.29 is 14.6 Å². The standard InChI is InChI=1S/C19H18N2O3/c1-3-24-18-11-14(8-9-17(18)22)10-15(12-20)19(23)21-16-7-5-4-6-13(16)2/h4-11,22H,3H2,1-2H3,(H,21,23). The van der Waals surface area contributed by atoms with Gasteiger partial charge in [-0.25, -0.2) is 0 Å². The van der Waals surface area contributed by atoms with Crippen molar-refractivity contribution in [2.45, 2.75) is 13.8 Å². The van der Waals surface area contributed by atoms with Crippen LogP contribution in [0, 0.1) is 18.3 Å². The molecule has 0 radical (unpaired) electrons. The molecule has 0 unspecified atom stereocenters. The Morgan fingerprint density at radius 1 is 1.33 bits per heavy atom. The van der Waals surface area contributed by atoms with Crippen LogP contribution in [-0.2, 0) is 4.79 Å². The van der Waals surface area contributed by atoms with E-state index in [2.05, 4.69) is 5.32 Å². The first-order valence-corrected chi connectivity index (χ1v) is 7.49. The van der Waals surface area contributed by atoms with Crippen LogP contribution in [0.5, 0.6) is 11.5 Å². The number of phenols is 1. The first-order valence-electron chi connectivity index (χ1n) is 7.49. The third-order valence-corrected chi connectivity index (χ3v) is 3.35. The van der Waals surface area contributed by atoms with Crippen LogP contribution in [0.15, 0.2) is 48.0 Å². The molecule has 5 nitrogen and oxygen atoms in total. The molecular formula is C19H18N2O3. The van der Waals surface area contributed by atoms with Gasteiger partial charge in [0.1, 0.15) is 11.6 Å². The van der Waals surface area contributed by atoms with Crippen LogP contribution in [0.4, 0.5) is 5.69 Å². The molecule has 0 bridgehead atoms. The van der Waals surface area contributed by atoms with Gasteiger partial charge in [-0.1, -0.05) is 24.3 Å². The van der Waals surface area contributed by atoms with E-state index in [0.717, 1.165) is 5.56 Å². The minimum atomic E-state index is -0.488. The minimum absolute atomic E-state index is 0.0110. The normalized spacial score (nSPS) is 10.8. The first kappa shape index (κ1) is 17.1. The lowest BCUT2D eigenvalue weighted by atomic mass is 10.1. The van der Waals surface area contributed by atoms with Gasteiger partial charge < -0.3 is 15.2 Å². The molecule has 122 valence electrons. The van der Waals surface area contributed by atoms with Crippen molar-refractivity contribution in [1.82, 2.24) is 0 Å².